The maximum atomic E-state index is 12.9. The van der Waals surface area contributed by atoms with Crippen molar-refractivity contribution in [3.63, 3.8) is 0 Å². The minimum absolute atomic E-state index is 0.331. The van der Waals surface area contributed by atoms with Gasteiger partial charge in [0.1, 0.15) is 11.6 Å². The topological polar surface area (TPSA) is 76.1 Å². The molecule has 0 bridgehead atoms. The molecule has 178 valence electrons. The SMILES string of the molecule is O=C(Nc1ccc(NCCc2ccccn2)nc1)c1ccccc1-c1ccc(OC(F)(F)F)cc1. The third kappa shape index (κ3) is 6.80. The van der Waals surface area contributed by atoms with Gasteiger partial charge in [0.25, 0.3) is 5.91 Å². The van der Waals surface area contributed by atoms with Crippen LogP contribution in [0.3, 0.4) is 0 Å². The second-order valence-electron chi connectivity index (χ2n) is 7.50. The molecule has 0 aliphatic rings. The number of halogens is 3. The van der Waals surface area contributed by atoms with E-state index in [9.17, 15) is 18.0 Å². The second-order valence-corrected chi connectivity index (χ2v) is 7.50. The largest absolute Gasteiger partial charge is 0.573 e. The summed E-state index contributed by atoms with van der Waals surface area (Å²) in [7, 11) is 0. The molecule has 2 heterocycles. The van der Waals surface area contributed by atoms with Crippen molar-refractivity contribution in [3.05, 3.63) is 103 Å². The van der Waals surface area contributed by atoms with Gasteiger partial charge in [0, 0.05) is 30.4 Å². The normalized spacial score (nSPS) is 11.1. The minimum Gasteiger partial charge on any atom is -0.406 e. The fraction of sp³-hybridized carbons (Fsp3) is 0.115. The molecule has 0 unspecified atom stereocenters. The van der Waals surface area contributed by atoms with E-state index in [0.29, 0.717) is 34.7 Å². The number of alkyl halides is 3. The van der Waals surface area contributed by atoms with E-state index in [4.69, 9.17) is 0 Å². The lowest BCUT2D eigenvalue weighted by atomic mass is 9.99. The number of ether oxygens (including phenoxy) is 1. The van der Waals surface area contributed by atoms with Crippen LogP contribution in [0.1, 0.15) is 16.1 Å². The smallest absolute Gasteiger partial charge is 0.406 e. The van der Waals surface area contributed by atoms with Crippen molar-refractivity contribution in [2.24, 2.45) is 0 Å². The van der Waals surface area contributed by atoms with Crippen LogP contribution in [0.15, 0.2) is 91.3 Å². The zero-order valence-electron chi connectivity index (χ0n) is 18.4. The third-order valence-corrected chi connectivity index (χ3v) is 5.01. The number of carbonyl (C=O) groups excluding carboxylic acids is 1. The Morgan fingerprint density at radius 3 is 2.34 bits per heavy atom. The maximum absolute atomic E-state index is 12.9. The van der Waals surface area contributed by atoms with Crippen molar-refractivity contribution < 1.29 is 22.7 Å². The van der Waals surface area contributed by atoms with Crippen molar-refractivity contribution in [1.82, 2.24) is 9.97 Å². The zero-order valence-corrected chi connectivity index (χ0v) is 18.4. The van der Waals surface area contributed by atoms with E-state index in [1.165, 1.54) is 24.3 Å². The van der Waals surface area contributed by atoms with Crippen LogP contribution in [0, 0.1) is 0 Å². The Balaban J connectivity index is 1.39. The first-order valence-corrected chi connectivity index (χ1v) is 10.7. The average Bonchev–Trinajstić information content (AvgIpc) is 2.85. The number of hydrogen-bond acceptors (Lipinski definition) is 5. The monoisotopic (exact) mass is 478 g/mol. The second kappa shape index (κ2) is 10.7. The Labute approximate surface area is 199 Å². The molecule has 0 radical (unpaired) electrons. The summed E-state index contributed by atoms with van der Waals surface area (Å²) in [6.07, 6.45) is -0.716. The first-order chi connectivity index (χ1) is 16.9. The van der Waals surface area contributed by atoms with Gasteiger partial charge in [-0.25, -0.2) is 4.98 Å². The van der Waals surface area contributed by atoms with E-state index < -0.39 is 6.36 Å². The fourth-order valence-electron chi connectivity index (χ4n) is 3.40. The van der Waals surface area contributed by atoms with Crippen LogP contribution in [0.5, 0.6) is 5.75 Å². The molecule has 6 nitrogen and oxygen atoms in total. The third-order valence-electron chi connectivity index (χ3n) is 5.01. The van der Waals surface area contributed by atoms with Crippen LogP contribution in [-0.4, -0.2) is 28.8 Å². The average molecular weight is 478 g/mol. The first kappa shape index (κ1) is 23.7. The molecular weight excluding hydrogens is 457 g/mol. The van der Waals surface area contributed by atoms with Gasteiger partial charge < -0.3 is 15.4 Å². The Kier molecular flexibility index (Phi) is 7.25. The van der Waals surface area contributed by atoms with Gasteiger partial charge in [0.15, 0.2) is 0 Å². The molecule has 0 saturated carbocycles. The highest BCUT2D eigenvalue weighted by Crippen LogP contribution is 2.29. The van der Waals surface area contributed by atoms with E-state index in [2.05, 4.69) is 25.3 Å². The van der Waals surface area contributed by atoms with Gasteiger partial charge in [-0.1, -0.05) is 36.4 Å². The minimum atomic E-state index is -4.77. The number of benzene rings is 2. The quantitative estimate of drug-likeness (QED) is 0.327. The summed E-state index contributed by atoms with van der Waals surface area (Å²) in [6, 6.07) is 21.5. The summed E-state index contributed by atoms with van der Waals surface area (Å²) in [5.41, 5.74) is 3.01. The Bertz CT molecular complexity index is 1260. The van der Waals surface area contributed by atoms with E-state index in [0.717, 1.165) is 12.1 Å². The van der Waals surface area contributed by atoms with Gasteiger partial charge in [0.2, 0.25) is 0 Å². The zero-order chi connectivity index (χ0) is 24.7. The van der Waals surface area contributed by atoms with Crippen LogP contribution in [0.4, 0.5) is 24.7 Å². The summed E-state index contributed by atoms with van der Waals surface area (Å²) >= 11 is 0. The van der Waals surface area contributed by atoms with E-state index in [-0.39, 0.29) is 11.7 Å². The lowest BCUT2D eigenvalue weighted by molar-refractivity contribution is -0.274. The molecule has 9 heteroatoms. The summed E-state index contributed by atoms with van der Waals surface area (Å²) < 4.78 is 41.1. The van der Waals surface area contributed by atoms with Crippen molar-refractivity contribution in [3.8, 4) is 16.9 Å². The maximum Gasteiger partial charge on any atom is 0.573 e. The van der Waals surface area contributed by atoms with Crippen molar-refractivity contribution in [2.45, 2.75) is 12.8 Å². The summed E-state index contributed by atoms with van der Waals surface area (Å²) in [6.45, 7) is 0.663. The van der Waals surface area contributed by atoms with Crippen LogP contribution in [0.25, 0.3) is 11.1 Å². The molecule has 0 spiro atoms. The summed E-state index contributed by atoms with van der Waals surface area (Å²) in [4.78, 5) is 21.5. The number of aromatic nitrogens is 2. The number of pyridine rings is 2. The molecule has 0 fully saturated rings. The molecule has 2 N–H and O–H groups in total. The molecule has 0 saturated heterocycles. The number of anilines is 2. The van der Waals surface area contributed by atoms with E-state index in [1.54, 1.807) is 48.8 Å². The Morgan fingerprint density at radius 2 is 1.66 bits per heavy atom. The highest BCUT2D eigenvalue weighted by Gasteiger charge is 2.31. The standard InChI is InChI=1S/C26H21F3N4O2/c27-26(28,29)35-21-11-8-18(9-12-21)22-6-1-2-7-23(22)25(34)33-20-10-13-24(32-17-20)31-16-14-19-5-3-4-15-30-19/h1-13,15,17H,14,16H2,(H,31,32)(H,33,34). The van der Waals surface area contributed by atoms with Crippen molar-refractivity contribution >= 4 is 17.4 Å². The Hall–Kier alpha value is -4.40. The van der Waals surface area contributed by atoms with Crippen LogP contribution in [0.2, 0.25) is 0 Å². The molecule has 0 aliphatic carbocycles. The van der Waals surface area contributed by atoms with Crippen molar-refractivity contribution in [2.75, 3.05) is 17.2 Å². The molecule has 4 rings (SSSR count). The van der Waals surface area contributed by atoms with Gasteiger partial charge in [0.05, 0.1) is 11.9 Å². The number of nitrogens with one attached hydrogen (secondary N) is 2. The number of rotatable bonds is 8. The molecular formula is C26H21F3N4O2. The lowest BCUT2D eigenvalue weighted by Crippen LogP contribution is -2.17. The van der Waals surface area contributed by atoms with Gasteiger partial charge >= 0.3 is 6.36 Å². The van der Waals surface area contributed by atoms with E-state index >= 15 is 0 Å². The number of hydrogen-bond donors (Lipinski definition) is 2. The highest BCUT2D eigenvalue weighted by molar-refractivity contribution is 6.08. The van der Waals surface area contributed by atoms with E-state index in [1.807, 2.05) is 18.2 Å². The molecule has 2 aromatic heterocycles. The Morgan fingerprint density at radius 1 is 0.886 bits per heavy atom. The van der Waals surface area contributed by atoms with Gasteiger partial charge in [-0.2, -0.15) is 0 Å². The van der Waals surface area contributed by atoms with Gasteiger partial charge in [-0.3, -0.25) is 9.78 Å². The number of amides is 1. The van der Waals surface area contributed by atoms with Crippen LogP contribution >= 0.6 is 0 Å². The molecule has 0 aliphatic heterocycles. The molecule has 1 amide bonds. The summed E-state index contributed by atoms with van der Waals surface area (Å²) in [5, 5.41) is 6.02. The van der Waals surface area contributed by atoms with Crippen LogP contribution in [-0.2, 0) is 6.42 Å². The number of carbonyl (C=O) groups is 1. The highest BCUT2D eigenvalue weighted by atomic mass is 19.4. The molecule has 2 aromatic carbocycles. The first-order valence-electron chi connectivity index (χ1n) is 10.7. The fourth-order valence-corrected chi connectivity index (χ4v) is 3.40. The van der Waals surface area contributed by atoms with Crippen molar-refractivity contribution in [1.29, 1.82) is 0 Å². The van der Waals surface area contributed by atoms with Gasteiger partial charge in [-0.15, -0.1) is 13.2 Å². The predicted octanol–water partition coefficient (Wildman–Crippen LogP) is 5.95. The van der Waals surface area contributed by atoms with Crippen LogP contribution < -0.4 is 15.4 Å². The summed E-state index contributed by atoms with van der Waals surface area (Å²) in [5.74, 6) is -0.0302. The van der Waals surface area contributed by atoms with Gasteiger partial charge in [-0.05, 0) is 53.6 Å². The molecule has 35 heavy (non-hydrogen) atoms. The molecule has 4 aromatic rings. The predicted molar refractivity (Wildman–Crippen MR) is 127 cm³/mol. The number of nitrogens with zero attached hydrogens (tertiary/aromatic N) is 2. The molecule has 0 atom stereocenters. The lowest BCUT2D eigenvalue weighted by Gasteiger charge is -2.12.